The second-order valence-electron chi connectivity index (χ2n) is 4.48. The predicted octanol–water partition coefficient (Wildman–Crippen LogP) is 3.19. The first-order valence-electron chi connectivity index (χ1n) is 6.43. The predicted molar refractivity (Wildman–Crippen MR) is 76.7 cm³/mol. The molecular weight excluding hydrogens is 252 g/mol. The van der Waals surface area contributed by atoms with Crippen LogP contribution in [0.3, 0.4) is 0 Å². The molecule has 2 aromatic rings. The average molecular weight is 268 g/mol. The quantitative estimate of drug-likeness (QED) is 0.618. The molecule has 20 heavy (non-hydrogen) atoms. The van der Waals surface area contributed by atoms with E-state index in [2.05, 4.69) is 4.74 Å². The third-order valence-corrected chi connectivity index (χ3v) is 3.27. The topological polar surface area (TPSA) is 43.4 Å². The first-order valence-corrected chi connectivity index (χ1v) is 6.43. The summed E-state index contributed by atoms with van der Waals surface area (Å²) in [7, 11) is 1.36. The lowest BCUT2D eigenvalue weighted by Gasteiger charge is -2.15. The Kier molecular flexibility index (Phi) is 4.66. The van der Waals surface area contributed by atoms with Crippen LogP contribution in [0.15, 0.2) is 54.6 Å². The van der Waals surface area contributed by atoms with Gasteiger partial charge < -0.3 is 9.53 Å². The Morgan fingerprint density at radius 1 is 1.05 bits per heavy atom. The van der Waals surface area contributed by atoms with Crippen LogP contribution in [0.4, 0.5) is 0 Å². The van der Waals surface area contributed by atoms with Crippen molar-refractivity contribution in [2.24, 2.45) is 0 Å². The van der Waals surface area contributed by atoms with E-state index in [1.54, 1.807) is 12.1 Å². The van der Waals surface area contributed by atoms with Crippen LogP contribution in [0.1, 0.15) is 33.8 Å². The monoisotopic (exact) mass is 268 g/mol. The molecule has 0 spiro atoms. The smallest absolute Gasteiger partial charge is 0.337 e. The van der Waals surface area contributed by atoms with Gasteiger partial charge in [-0.15, -0.1) is 0 Å². The molecule has 0 N–H and O–H groups in total. The maximum atomic E-state index is 11.4. The van der Waals surface area contributed by atoms with Gasteiger partial charge in [-0.05, 0) is 23.3 Å². The fourth-order valence-electron chi connectivity index (χ4n) is 2.22. The molecule has 0 amide bonds. The number of aldehydes is 1. The summed E-state index contributed by atoms with van der Waals surface area (Å²) in [6.07, 6.45) is 1.34. The number of rotatable bonds is 5. The molecule has 0 aliphatic rings. The van der Waals surface area contributed by atoms with Gasteiger partial charge in [0.15, 0.2) is 0 Å². The van der Waals surface area contributed by atoms with Crippen molar-refractivity contribution >= 4 is 12.3 Å². The summed E-state index contributed by atoms with van der Waals surface area (Å²) in [4.78, 5) is 22.3. The van der Waals surface area contributed by atoms with E-state index in [9.17, 15) is 9.59 Å². The van der Waals surface area contributed by atoms with Gasteiger partial charge in [0.05, 0.1) is 12.7 Å². The third kappa shape index (κ3) is 3.12. The minimum absolute atomic E-state index is 0.0143. The van der Waals surface area contributed by atoms with Gasteiger partial charge in [0.25, 0.3) is 0 Å². The van der Waals surface area contributed by atoms with Gasteiger partial charge in [-0.3, -0.25) is 0 Å². The molecule has 0 bridgehead atoms. The zero-order chi connectivity index (χ0) is 14.4. The maximum absolute atomic E-state index is 11.4. The Bertz CT molecular complexity index is 573. The van der Waals surface area contributed by atoms with Crippen LogP contribution in [0.5, 0.6) is 0 Å². The molecular formula is C17H16O3. The molecule has 102 valence electrons. The number of hydrogen-bond acceptors (Lipinski definition) is 3. The number of carbonyl (C=O) groups is 2. The molecule has 3 nitrogen and oxygen atoms in total. The number of esters is 1. The van der Waals surface area contributed by atoms with Crippen molar-refractivity contribution in [3.63, 3.8) is 0 Å². The first kappa shape index (κ1) is 14.0. The highest BCUT2D eigenvalue weighted by Crippen LogP contribution is 2.27. The second-order valence-corrected chi connectivity index (χ2v) is 4.48. The van der Waals surface area contributed by atoms with Crippen molar-refractivity contribution in [3.05, 3.63) is 71.3 Å². The summed E-state index contributed by atoms with van der Waals surface area (Å²) in [5, 5.41) is 0. The number of benzene rings is 2. The number of hydrogen-bond donors (Lipinski definition) is 0. The molecule has 0 aliphatic carbocycles. The molecule has 0 saturated carbocycles. The Morgan fingerprint density at radius 2 is 1.65 bits per heavy atom. The molecule has 3 heteroatoms. The van der Waals surface area contributed by atoms with Crippen LogP contribution < -0.4 is 0 Å². The van der Waals surface area contributed by atoms with Crippen molar-refractivity contribution in [2.75, 3.05) is 7.11 Å². The Hall–Kier alpha value is -2.42. The van der Waals surface area contributed by atoms with Crippen LogP contribution in [-0.4, -0.2) is 19.4 Å². The molecule has 0 heterocycles. The van der Waals surface area contributed by atoms with E-state index in [1.807, 2.05) is 42.5 Å². The molecule has 2 aromatic carbocycles. The third-order valence-electron chi connectivity index (χ3n) is 3.27. The summed E-state index contributed by atoms with van der Waals surface area (Å²) in [5.74, 6) is -0.344. The lowest BCUT2D eigenvalue weighted by Crippen LogP contribution is -2.04. The van der Waals surface area contributed by atoms with Gasteiger partial charge in [0, 0.05) is 12.3 Å². The minimum Gasteiger partial charge on any atom is -0.465 e. The summed E-state index contributed by atoms with van der Waals surface area (Å²) in [6.45, 7) is 0. The summed E-state index contributed by atoms with van der Waals surface area (Å²) in [6, 6.07) is 17.0. The highest BCUT2D eigenvalue weighted by Gasteiger charge is 2.14. The lowest BCUT2D eigenvalue weighted by atomic mass is 9.88. The van der Waals surface area contributed by atoms with E-state index in [1.165, 1.54) is 7.11 Å². The fraction of sp³-hybridized carbons (Fsp3) is 0.176. The Balaban J connectivity index is 2.31. The molecule has 2 rings (SSSR count). The highest BCUT2D eigenvalue weighted by atomic mass is 16.5. The summed E-state index contributed by atoms with van der Waals surface area (Å²) >= 11 is 0. The molecule has 0 aromatic heterocycles. The van der Waals surface area contributed by atoms with Crippen molar-refractivity contribution in [3.8, 4) is 0 Å². The maximum Gasteiger partial charge on any atom is 0.337 e. The van der Waals surface area contributed by atoms with Crippen LogP contribution >= 0.6 is 0 Å². The van der Waals surface area contributed by atoms with E-state index >= 15 is 0 Å². The van der Waals surface area contributed by atoms with Crippen molar-refractivity contribution < 1.29 is 14.3 Å². The van der Waals surface area contributed by atoms with Crippen LogP contribution in [0.25, 0.3) is 0 Å². The lowest BCUT2D eigenvalue weighted by molar-refractivity contribution is -0.108. The van der Waals surface area contributed by atoms with Gasteiger partial charge in [0.1, 0.15) is 6.29 Å². The van der Waals surface area contributed by atoms with Gasteiger partial charge >= 0.3 is 5.97 Å². The number of methoxy groups -OCH3 is 1. The highest BCUT2D eigenvalue weighted by molar-refractivity contribution is 5.89. The Labute approximate surface area is 118 Å². The van der Waals surface area contributed by atoms with Gasteiger partial charge in [-0.25, -0.2) is 4.79 Å². The van der Waals surface area contributed by atoms with Crippen LogP contribution in [0.2, 0.25) is 0 Å². The molecule has 0 aliphatic heterocycles. The number of carbonyl (C=O) groups excluding carboxylic acids is 2. The molecule has 0 unspecified atom stereocenters. The molecule has 1 atom stereocenters. The van der Waals surface area contributed by atoms with E-state index in [-0.39, 0.29) is 11.9 Å². The van der Waals surface area contributed by atoms with Gasteiger partial charge in [0.2, 0.25) is 0 Å². The standard InChI is InChI=1S/C17H16O3/c1-20-17(19)15-9-7-14(8-10-15)16(11-12-18)13-5-3-2-4-6-13/h2-10,12,16H,11H2,1H3/t16-/m0/s1. The van der Waals surface area contributed by atoms with Crippen molar-refractivity contribution in [2.45, 2.75) is 12.3 Å². The van der Waals surface area contributed by atoms with Gasteiger partial charge in [-0.1, -0.05) is 42.5 Å². The van der Waals surface area contributed by atoms with Crippen LogP contribution in [-0.2, 0) is 9.53 Å². The summed E-state index contributed by atoms with van der Waals surface area (Å²) in [5.41, 5.74) is 2.61. The first-order chi connectivity index (χ1) is 9.76. The molecule has 0 fully saturated rings. The number of ether oxygens (including phenoxy) is 1. The minimum atomic E-state index is -0.358. The second kappa shape index (κ2) is 6.66. The molecule has 0 saturated heterocycles. The van der Waals surface area contributed by atoms with Crippen molar-refractivity contribution in [1.29, 1.82) is 0 Å². The van der Waals surface area contributed by atoms with Crippen LogP contribution in [0, 0.1) is 0 Å². The van der Waals surface area contributed by atoms with Crippen molar-refractivity contribution in [1.82, 2.24) is 0 Å². The van der Waals surface area contributed by atoms with E-state index in [4.69, 9.17) is 0 Å². The van der Waals surface area contributed by atoms with E-state index in [0.717, 1.165) is 17.4 Å². The fourth-order valence-corrected chi connectivity index (χ4v) is 2.22. The Morgan fingerprint density at radius 3 is 2.20 bits per heavy atom. The van der Waals surface area contributed by atoms with Gasteiger partial charge in [-0.2, -0.15) is 0 Å². The zero-order valence-electron chi connectivity index (χ0n) is 11.3. The largest absolute Gasteiger partial charge is 0.465 e. The normalized spacial score (nSPS) is 11.7. The SMILES string of the molecule is COC(=O)c1ccc([C@@H](CC=O)c2ccccc2)cc1. The van der Waals surface area contributed by atoms with E-state index in [0.29, 0.717) is 12.0 Å². The molecule has 0 radical (unpaired) electrons. The van der Waals surface area contributed by atoms with E-state index < -0.39 is 0 Å². The zero-order valence-corrected chi connectivity index (χ0v) is 11.3. The summed E-state index contributed by atoms with van der Waals surface area (Å²) < 4.78 is 4.67. The average Bonchev–Trinajstić information content (AvgIpc) is 2.53.